The Morgan fingerprint density at radius 3 is 2.52 bits per heavy atom. The standard InChI is InChI=1S/C20H15Cl2NO2/c1-3-9-25-20-18(22)11-14(12-19(20)24-4-2)10-16(13-23)15-5-7-17(21)8-6-15/h1,5-8,10-12H,4,9H2,2H3/b16-10-. The highest BCUT2D eigenvalue weighted by molar-refractivity contribution is 6.32. The molecule has 0 saturated carbocycles. The van der Waals surface area contributed by atoms with E-state index < -0.39 is 0 Å². The van der Waals surface area contributed by atoms with Crippen LogP contribution in [-0.2, 0) is 0 Å². The SMILES string of the molecule is C#CCOc1c(Cl)cc(/C=C(/C#N)c2ccc(Cl)cc2)cc1OCC. The van der Waals surface area contributed by atoms with Gasteiger partial charge in [0.1, 0.15) is 6.61 Å². The first-order valence-electron chi connectivity index (χ1n) is 7.49. The van der Waals surface area contributed by atoms with Gasteiger partial charge in [0.2, 0.25) is 0 Å². The summed E-state index contributed by atoms with van der Waals surface area (Å²) in [6, 6.07) is 12.7. The highest BCUT2D eigenvalue weighted by Crippen LogP contribution is 2.37. The van der Waals surface area contributed by atoms with E-state index in [1.807, 2.05) is 6.92 Å². The van der Waals surface area contributed by atoms with Crippen molar-refractivity contribution in [3.05, 3.63) is 57.6 Å². The Kier molecular flexibility index (Phi) is 6.78. The fourth-order valence-corrected chi connectivity index (χ4v) is 2.56. The minimum absolute atomic E-state index is 0.0865. The molecule has 0 radical (unpaired) electrons. The molecule has 0 aliphatic rings. The quantitative estimate of drug-likeness (QED) is 0.384. The van der Waals surface area contributed by atoms with Crippen LogP contribution < -0.4 is 9.47 Å². The first-order chi connectivity index (χ1) is 12.1. The summed E-state index contributed by atoms with van der Waals surface area (Å²) < 4.78 is 11.0. The Labute approximate surface area is 157 Å². The Bertz CT molecular complexity index is 859. The average molecular weight is 372 g/mol. The summed E-state index contributed by atoms with van der Waals surface area (Å²) in [7, 11) is 0. The maximum Gasteiger partial charge on any atom is 0.181 e. The molecule has 0 saturated heterocycles. The fraction of sp³-hybridized carbons (Fsp3) is 0.150. The molecule has 0 aliphatic heterocycles. The van der Waals surface area contributed by atoms with Gasteiger partial charge in [0, 0.05) is 5.02 Å². The van der Waals surface area contributed by atoms with Crippen LogP contribution in [-0.4, -0.2) is 13.2 Å². The van der Waals surface area contributed by atoms with Gasteiger partial charge in [0.15, 0.2) is 11.5 Å². The van der Waals surface area contributed by atoms with Crippen LogP contribution in [0.1, 0.15) is 18.1 Å². The lowest BCUT2D eigenvalue weighted by atomic mass is 10.0. The molecule has 0 aromatic heterocycles. The highest BCUT2D eigenvalue weighted by atomic mass is 35.5. The van der Waals surface area contributed by atoms with Crippen LogP contribution in [0.5, 0.6) is 11.5 Å². The van der Waals surface area contributed by atoms with Gasteiger partial charge in [-0.25, -0.2) is 0 Å². The largest absolute Gasteiger partial charge is 0.490 e. The van der Waals surface area contributed by atoms with E-state index in [-0.39, 0.29) is 6.61 Å². The third-order valence-corrected chi connectivity index (χ3v) is 3.75. The molecule has 5 heteroatoms. The van der Waals surface area contributed by atoms with Crippen molar-refractivity contribution in [1.82, 2.24) is 0 Å². The molecule has 0 spiro atoms. The Balaban J connectivity index is 2.45. The van der Waals surface area contributed by atoms with Crippen molar-refractivity contribution in [3.63, 3.8) is 0 Å². The number of nitriles is 1. The molecule has 0 bridgehead atoms. The molecule has 2 aromatic carbocycles. The molecule has 3 nitrogen and oxygen atoms in total. The van der Waals surface area contributed by atoms with Crippen LogP contribution >= 0.6 is 23.2 Å². The first-order valence-corrected chi connectivity index (χ1v) is 8.25. The predicted octanol–water partition coefficient (Wildman–Crippen LogP) is 5.47. The normalized spacial score (nSPS) is 10.7. The molecule has 0 aliphatic carbocycles. The molecule has 0 N–H and O–H groups in total. The van der Waals surface area contributed by atoms with Crippen molar-refractivity contribution in [2.45, 2.75) is 6.92 Å². The number of allylic oxidation sites excluding steroid dienone is 1. The summed E-state index contributed by atoms with van der Waals surface area (Å²) in [5, 5.41) is 10.4. The molecule has 2 rings (SSSR count). The van der Waals surface area contributed by atoms with Gasteiger partial charge in [-0.1, -0.05) is 41.3 Å². The van der Waals surface area contributed by atoms with Crippen LogP contribution in [0.2, 0.25) is 10.0 Å². The monoisotopic (exact) mass is 371 g/mol. The molecule has 126 valence electrons. The number of benzene rings is 2. The van der Waals surface area contributed by atoms with Gasteiger partial charge in [-0.2, -0.15) is 5.26 Å². The van der Waals surface area contributed by atoms with Crippen molar-refractivity contribution in [2.75, 3.05) is 13.2 Å². The summed E-state index contributed by atoms with van der Waals surface area (Å²) in [6.45, 7) is 2.39. The lowest BCUT2D eigenvalue weighted by Crippen LogP contribution is -2.00. The van der Waals surface area contributed by atoms with E-state index in [0.29, 0.717) is 39.3 Å². The zero-order valence-corrected chi connectivity index (χ0v) is 15.1. The van der Waals surface area contributed by atoms with E-state index in [0.717, 1.165) is 5.56 Å². The van der Waals surface area contributed by atoms with Crippen molar-refractivity contribution < 1.29 is 9.47 Å². The van der Waals surface area contributed by atoms with Crippen molar-refractivity contribution in [2.24, 2.45) is 0 Å². The molecule has 0 unspecified atom stereocenters. The third-order valence-electron chi connectivity index (χ3n) is 3.22. The van der Waals surface area contributed by atoms with E-state index in [4.69, 9.17) is 39.1 Å². The van der Waals surface area contributed by atoms with Crippen LogP contribution in [0.4, 0.5) is 0 Å². The van der Waals surface area contributed by atoms with E-state index in [9.17, 15) is 5.26 Å². The van der Waals surface area contributed by atoms with Crippen LogP contribution in [0.15, 0.2) is 36.4 Å². The Morgan fingerprint density at radius 2 is 1.92 bits per heavy atom. The zero-order chi connectivity index (χ0) is 18.2. The number of ether oxygens (including phenoxy) is 2. The minimum Gasteiger partial charge on any atom is -0.490 e. The first kappa shape index (κ1) is 18.7. The maximum atomic E-state index is 9.46. The van der Waals surface area contributed by atoms with Gasteiger partial charge < -0.3 is 9.47 Å². The topological polar surface area (TPSA) is 42.2 Å². The molecular formula is C20H15Cl2NO2. The highest BCUT2D eigenvalue weighted by Gasteiger charge is 2.12. The van der Waals surface area contributed by atoms with Gasteiger partial charge in [0.25, 0.3) is 0 Å². The van der Waals surface area contributed by atoms with Crippen LogP contribution in [0.3, 0.4) is 0 Å². The fourth-order valence-electron chi connectivity index (χ4n) is 2.16. The lowest BCUT2D eigenvalue weighted by molar-refractivity contribution is 0.299. The zero-order valence-electron chi connectivity index (χ0n) is 13.6. The second kappa shape index (κ2) is 9.04. The summed E-state index contributed by atoms with van der Waals surface area (Å²) >= 11 is 12.2. The van der Waals surface area contributed by atoms with Gasteiger partial charge in [0.05, 0.1) is 23.3 Å². The van der Waals surface area contributed by atoms with E-state index in [1.54, 1.807) is 42.5 Å². The lowest BCUT2D eigenvalue weighted by Gasteiger charge is -2.13. The molecular weight excluding hydrogens is 357 g/mol. The van der Waals surface area contributed by atoms with Gasteiger partial charge in [-0.3, -0.25) is 0 Å². The number of terminal acetylenes is 1. The second-order valence-electron chi connectivity index (χ2n) is 4.93. The number of hydrogen-bond acceptors (Lipinski definition) is 3. The Morgan fingerprint density at radius 1 is 1.20 bits per heavy atom. The van der Waals surface area contributed by atoms with E-state index in [2.05, 4.69) is 12.0 Å². The number of halogens is 2. The molecule has 0 atom stereocenters. The molecule has 0 heterocycles. The summed E-state index contributed by atoms with van der Waals surface area (Å²) in [4.78, 5) is 0. The summed E-state index contributed by atoms with van der Waals surface area (Å²) in [5.74, 6) is 3.26. The molecule has 25 heavy (non-hydrogen) atoms. The predicted molar refractivity (Wildman–Crippen MR) is 102 cm³/mol. The number of nitrogens with zero attached hydrogens (tertiary/aromatic N) is 1. The second-order valence-corrected chi connectivity index (χ2v) is 5.78. The van der Waals surface area contributed by atoms with Crippen LogP contribution in [0.25, 0.3) is 11.6 Å². The number of rotatable bonds is 6. The van der Waals surface area contributed by atoms with Gasteiger partial charge in [-0.05, 0) is 48.4 Å². The average Bonchev–Trinajstić information content (AvgIpc) is 2.60. The maximum absolute atomic E-state index is 9.46. The smallest absolute Gasteiger partial charge is 0.181 e. The van der Waals surface area contributed by atoms with Gasteiger partial charge >= 0.3 is 0 Å². The summed E-state index contributed by atoms with van der Waals surface area (Å²) in [6.07, 6.45) is 6.95. The van der Waals surface area contributed by atoms with E-state index >= 15 is 0 Å². The number of hydrogen-bond donors (Lipinski definition) is 0. The summed E-state index contributed by atoms with van der Waals surface area (Å²) in [5.41, 5.74) is 1.95. The van der Waals surface area contributed by atoms with Crippen LogP contribution in [0, 0.1) is 23.7 Å². The molecule has 0 amide bonds. The van der Waals surface area contributed by atoms with E-state index in [1.165, 1.54) is 0 Å². The van der Waals surface area contributed by atoms with Crippen molar-refractivity contribution >= 4 is 34.9 Å². The van der Waals surface area contributed by atoms with Crippen molar-refractivity contribution in [3.8, 4) is 29.9 Å². The molecule has 2 aromatic rings. The minimum atomic E-state index is 0.0865. The third kappa shape index (κ3) is 4.94. The Hall–Kier alpha value is -2.59. The van der Waals surface area contributed by atoms with Crippen molar-refractivity contribution in [1.29, 1.82) is 5.26 Å². The van der Waals surface area contributed by atoms with Gasteiger partial charge in [-0.15, -0.1) is 6.42 Å². The molecule has 0 fully saturated rings.